The molecule has 2 amide bonds. The molecule has 1 N–H and O–H groups in total. The van der Waals surface area contributed by atoms with Gasteiger partial charge in [-0.1, -0.05) is 6.07 Å². The summed E-state index contributed by atoms with van der Waals surface area (Å²) >= 11 is 0. The van der Waals surface area contributed by atoms with Crippen molar-refractivity contribution in [2.24, 2.45) is 0 Å². The van der Waals surface area contributed by atoms with Crippen molar-refractivity contribution in [3.05, 3.63) is 53.2 Å². The number of nitrogens with one attached hydrogen (secondary N) is 1. The fourth-order valence-corrected chi connectivity index (χ4v) is 4.38. The monoisotopic (exact) mass is 434 g/mol. The third-order valence-electron chi connectivity index (χ3n) is 6.50. The summed E-state index contributed by atoms with van der Waals surface area (Å²) in [6, 6.07) is 9.36. The maximum absolute atomic E-state index is 13.0. The van der Waals surface area contributed by atoms with Crippen molar-refractivity contribution in [1.29, 1.82) is 0 Å². The van der Waals surface area contributed by atoms with Crippen molar-refractivity contribution < 1.29 is 14.3 Å². The van der Waals surface area contributed by atoms with Gasteiger partial charge in [0.1, 0.15) is 5.82 Å². The van der Waals surface area contributed by atoms with Crippen molar-refractivity contribution in [3.8, 4) is 0 Å². The van der Waals surface area contributed by atoms with Gasteiger partial charge in [0, 0.05) is 43.6 Å². The molecule has 7 nitrogen and oxygen atoms in total. The minimum atomic E-state index is -0.493. The number of pyridine rings is 1. The van der Waals surface area contributed by atoms with Crippen LogP contribution in [0.3, 0.4) is 0 Å². The highest BCUT2D eigenvalue weighted by Gasteiger charge is 2.33. The lowest BCUT2D eigenvalue weighted by Gasteiger charge is -2.36. The number of piperazine rings is 1. The Bertz CT molecular complexity index is 991. The van der Waals surface area contributed by atoms with Crippen LogP contribution in [0.15, 0.2) is 36.5 Å². The minimum absolute atomic E-state index is 0.0202. The number of carbonyl (C=O) groups is 2. The molecule has 1 aromatic heterocycles. The van der Waals surface area contributed by atoms with Gasteiger partial charge in [-0.15, -0.1) is 0 Å². The van der Waals surface area contributed by atoms with E-state index in [1.54, 1.807) is 31.2 Å². The second-order valence-corrected chi connectivity index (χ2v) is 8.93. The predicted octanol–water partition coefficient (Wildman–Crippen LogP) is 4.37. The molecule has 2 heterocycles. The van der Waals surface area contributed by atoms with Gasteiger partial charge in [0.15, 0.2) is 0 Å². The van der Waals surface area contributed by atoms with Crippen LogP contribution in [-0.4, -0.2) is 54.7 Å². The van der Waals surface area contributed by atoms with Crippen molar-refractivity contribution in [2.75, 3.05) is 43.0 Å². The van der Waals surface area contributed by atoms with Crippen molar-refractivity contribution in [1.82, 2.24) is 9.88 Å². The molecule has 1 aliphatic heterocycles. The molecule has 0 spiro atoms. The van der Waals surface area contributed by atoms with E-state index in [0.29, 0.717) is 36.9 Å². The van der Waals surface area contributed by atoms with Crippen LogP contribution >= 0.6 is 0 Å². The Morgan fingerprint density at radius 1 is 1.03 bits per heavy atom. The van der Waals surface area contributed by atoms with Gasteiger partial charge >= 0.3 is 6.09 Å². The maximum atomic E-state index is 13.0. The van der Waals surface area contributed by atoms with Crippen molar-refractivity contribution in [3.63, 3.8) is 0 Å². The van der Waals surface area contributed by atoms with Crippen LogP contribution in [0.4, 0.5) is 16.3 Å². The normalized spacial score (nSPS) is 18.4. The summed E-state index contributed by atoms with van der Waals surface area (Å²) in [7, 11) is 0. The molecule has 0 atom stereocenters. The summed E-state index contributed by atoms with van der Waals surface area (Å²) in [5, 5.41) is 2.65. The van der Waals surface area contributed by atoms with Gasteiger partial charge in [-0.2, -0.15) is 0 Å². The number of ether oxygens (including phenoxy) is 1. The van der Waals surface area contributed by atoms with Crippen LogP contribution in [-0.2, 0) is 4.74 Å². The van der Waals surface area contributed by atoms with Gasteiger partial charge in [-0.05, 0) is 79.8 Å². The number of hydrogen-bond donors (Lipinski definition) is 1. The zero-order valence-electron chi connectivity index (χ0n) is 18.5. The van der Waals surface area contributed by atoms with Crippen LogP contribution < -0.4 is 10.2 Å². The van der Waals surface area contributed by atoms with Gasteiger partial charge < -0.3 is 14.5 Å². The first-order valence-electron chi connectivity index (χ1n) is 11.7. The van der Waals surface area contributed by atoms with E-state index < -0.39 is 6.09 Å². The second kappa shape index (κ2) is 8.81. The minimum Gasteiger partial charge on any atom is -0.450 e. The molecule has 5 rings (SSSR count). The first-order chi connectivity index (χ1) is 15.6. The molecule has 2 aromatic rings. The van der Waals surface area contributed by atoms with Crippen molar-refractivity contribution >= 4 is 23.5 Å². The molecule has 3 aliphatic rings. The predicted molar refractivity (Wildman–Crippen MR) is 123 cm³/mol. The number of hydrogen-bond acceptors (Lipinski definition) is 5. The Hall–Kier alpha value is -3.09. The van der Waals surface area contributed by atoms with Gasteiger partial charge in [0.2, 0.25) is 0 Å². The number of benzene rings is 1. The maximum Gasteiger partial charge on any atom is 0.411 e. The van der Waals surface area contributed by atoms with Crippen molar-refractivity contribution in [2.45, 2.75) is 44.4 Å². The van der Waals surface area contributed by atoms with E-state index in [9.17, 15) is 9.59 Å². The number of rotatable bonds is 6. The van der Waals surface area contributed by atoms with E-state index in [0.717, 1.165) is 24.8 Å². The average Bonchev–Trinajstić information content (AvgIpc) is 3.72. The van der Waals surface area contributed by atoms with Gasteiger partial charge in [0.25, 0.3) is 5.91 Å². The molecule has 2 aliphatic carbocycles. The standard InChI is InChI=1S/C25H30N4O3/c1-2-32-25(31)27-21-9-7-19(8-10-21)24(30)29-13-11-28(12-14-29)23-22(18-5-6-18)15-20(16-26-23)17-3-4-17/h7-10,15-18H,2-6,11-14H2,1H3,(H,27,31). The number of amides is 2. The summed E-state index contributed by atoms with van der Waals surface area (Å²) in [6.07, 6.45) is 6.71. The summed E-state index contributed by atoms with van der Waals surface area (Å²) < 4.78 is 4.88. The SMILES string of the molecule is CCOC(=O)Nc1ccc(C(=O)N2CCN(c3ncc(C4CC4)cc3C3CC3)CC2)cc1. The molecular weight excluding hydrogens is 404 g/mol. The topological polar surface area (TPSA) is 74.8 Å². The quantitative estimate of drug-likeness (QED) is 0.731. The zero-order valence-corrected chi connectivity index (χ0v) is 18.5. The molecular formula is C25H30N4O3. The molecule has 3 fully saturated rings. The summed E-state index contributed by atoms with van der Waals surface area (Å²) in [6.45, 7) is 5.02. The summed E-state index contributed by atoms with van der Waals surface area (Å²) in [5.41, 5.74) is 4.06. The van der Waals surface area contributed by atoms with Crippen LogP contribution in [0.5, 0.6) is 0 Å². The van der Waals surface area contributed by atoms with E-state index in [4.69, 9.17) is 9.72 Å². The zero-order chi connectivity index (χ0) is 22.1. The Balaban J connectivity index is 1.20. The lowest BCUT2D eigenvalue weighted by Crippen LogP contribution is -2.49. The molecule has 32 heavy (non-hydrogen) atoms. The molecule has 0 bridgehead atoms. The van der Waals surface area contributed by atoms with Gasteiger partial charge in [-0.25, -0.2) is 9.78 Å². The highest BCUT2D eigenvalue weighted by molar-refractivity contribution is 5.95. The van der Waals surface area contributed by atoms with E-state index in [1.165, 1.54) is 36.8 Å². The smallest absolute Gasteiger partial charge is 0.411 e. The van der Waals surface area contributed by atoms with E-state index in [2.05, 4.69) is 22.5 Å². The van der Waals surface area contributed by atoms with E-state index >= 15 is 0 Å². The number of carbonyl (C=O) groups excluding carboxylic acids is 2. The number of anilines is 2. The molecule has 168 valence electrons. The van der Waals surface area contributed by atoms with Crippen LogP contribution in [0.2, 0.25) is 0 Å². The second-order valence-electron chi connectivity index (χ2n) is 8.93. The lowest BCUT2D eigenvalue weighted by molar-refractivity contribution is 0.0746. The van der Waals surface area contributed by atoms with E-state index in [1.807, 2.05) is 4.90 Å². The fraction of sp³-hybridized carbons (Fsp3) is 0.480. The van der Waals surface area contributed by atoms with Crippen LogP contribution in [0.25, 0.3) is 0 Å². The molecule has 2 saturated carbocycles. The van der Waals surface area contributed by atoms with Gasteiger partial charge in [-0.3, -0.25) is 10.1 Å². The Kier molecular flexibility index (Phi) is 5.72. The first-order valence-corrected chi connectivity index (χ1v) is 11.7. The highest BCUT2D eigenvalue weighted by atomic mass is 16.5. The fourth-order valence-electron chi connectivity index (χ4n) is 4.38. The molecule has 7 heteroatoms. The summed E-state index contributed by atoms with van der Waals surface area (Å²) in [4.78, 5) is 33.6. The molecule has 0 unspecified atom stereocenters. The Labute approximate surface area is 188 Å². The van der Waals surface area contributed by atoms with Crippen LogP contribution in [0, 0.1) is 0 Å². The molecule has 0 radical (unpaired) electrons. The van der Waals surface area contributed by atoms with Crippen LogP contribution in [0.1, 0.15) is 65.9 Å². The average molecular weight is 435 g/mol. The van der Waals surface area contributed by atoms with E-state index in [-0.39, 0.29) is 5.91 Å². The largest absolute Gasteiger partial charge is 0.450 e. The van der Waals surface area contributed by atoms with Gasteiger partial charge in [0.05, 0.1) is 6.61 Å². The molecule has 1 saturated heterocycles. The number of aromatic nitrogens is 1. The third-order valence-corrected chi connectivity index (χ3v) is 6.50. The third kappa shape index (κ3) is 4.56. The Morgan fingerprint density at radius 3 is 2.34 bits per heavy atom. The highest BCUT2D eigenvalue weighted by Crippen LogP contribution is 2.47. The summed E-state index contributed by atoms with van der Waals surface area (Å²) in [5.74, 6) is 2.53. The number of nitrogens with zero attached hydrogens (tertiary/aromatic N) is 3. The molecule has 1 aromatic carbocycles. The first kappa shape index (κ1) is 20.8. The lowest BCUT2D eigenvalue weighted by atomic mass is 10.1. The Morgan fingerprint density at radius 2 is 1.72 bits per heavy atom.